The summed E-state index contributed by atoms with van der Waals surface area (Å²) in [4.78, 5) is 12.8. The largest absolute Gasteiger partial charge is 0.494 e. The maximum Gasteiger partial charge on any atom is 0.270 e. The monoisotopic (exact) mass is 357 g/mol. The number of hydrogen-bond acceptors (Lipinski definition) is 4. The molecule has 3 rings (SSSR count). The number of carbonyl (C=O) groups is 1. The van der Waals surface area contributed by atoms with Crippen LogP contribution in [0.4, 0.5) is 0 Å². The van der Waals surface area contributed by atoms with E-state index in [4.69, 9.17) is 9.47 Å². The molecule has 1 aromatic heterocycles. The molecule has 1 aliphatic rings. The average Bonchev–Trinajstić information content (AvgIpc) is 2.91. The smallest absolute Gasteiger partial charge is 0.270 e. The highest BCUT2D eigenvalue weighted by Crippen LogP contribution is 2.31. The fourth-order valence-electron chi connectivity index (χ4n) is 3.55. The Bertz CT molecular complexity index is 813. The van der Waals surface area contributed by atoms with Gasteiger partial charge in [-0.2, -0.15) is 5.10 Å². The lowest BCUT2D eigenvalue weighted by Gasteiger charge is -2.24. The van der Waals surface area contributed by atoms with Crippen LogP contribution in [0.15, 0.2) is 18.2 Å². The molecule has 2 aromatic rings. The van der Waals surface area contributed by atoms with E-state index < -0.39 is 0 Å². The Morgan fingerprint density at radius 1 is 1.42 bits per heavy atom. The first-order valence-corrected chi connectivity index (χ1v) is 9.12. The minimum Gasteiger partial charge on any atom is -0.494 e. The van der Waals surface area contributed by atoms with E-state index in [0.717, 1.165) is 28.1 Å². The number of fused-ring (bicyclic) bond motifs is 1. The van der Waals surface area contributed by atoms with Gasteiger partial charge in [0.1, 0.15) is 11.4 Å². The van der Waals surface area contributed by atoms with E-state index in [9.17, 15) is 4.79 Å². The van der Waals surface area contributed by atoms with Crippen LogP contribution in [0.25, 0.3) is 0 Å². The lowest BCUT2D eigenvalue weighted by atomic mass is 9.99. The minimum atomic E-state index is -0.103. The molecule has 0 saturated heterocycles. The quantitative estimate of drug-likeness (QED) is 0.893. The molecule has 1 aliphatic heterocycles. The van der Waals surface area contributed by atoms with Gasteiger partial charge in [0, 0.05) is 25.6 Å². The molecule has 0 bridgehead atoms. The van der Waals surface area contributed by atoms with Crippen LogP contribution in [0.3, 0.4) is 0 Å². The Balaban J connectivity index is 1.74. The van der Waals surface area contributed by atoms with E-state index in [1.807, 2.05) is 52.9 Å². The van der Waals surface area contributed by atoms with E-state index >= 15 is 0 Å². The summed E-state index contributed by atoms with van der Waals surface area (Å²) >= 11 is 0. The van der Waals surface area contributed by atoms with Gasteiger partial charge in [-0.3, -0.25) is 9.48 Å². The van der Waals surface area contributed by atoms with Crippen molar-refractivity contribution in [2.24, 2.45) is 7.05 Å². The van der Waals surface area contributed by atoms with Crippen LogP contribution in [-0.2, 0) is 24.8 Å². The Morgan fingerprint density at radius 3 is 2.88 bits per heavy atom. The van der Waals surface area contributed by atoms with Gasteiger partial charge in [0.05, 0.1) is 24.5 Å². The lowest BCUT2D eigenvalue weighted by molar-refractivity contribution is -0.00710. The van der Waals surface area contributed by atoms with Gasteiger partial charge in [0.25, 0.3) is 5.91 Å². The third-order valence-corrected chi connectivity index (χ3v) is 4.70. The number of ether oxygens (including phenoxy) is 2. The summed E-state index contributed by atoms with van der Waals surface area (Å²) < 4.78 is 13.0. The first-order chi connectivity index (χ1) is 12.4. The summed E-state index contributed by atoms with van der Waals surface area (Å²) in [5, 5.41) is 7.52. The zero-order valence-corrected chi connectivity index (χ0v) is 16.1. The molecule has 0 saturated carbocycles. The molecule has 6 nitrogen and oxygen atoms in total. The molecular formula is C20H27N3O3. The van der Waals surface area contributed by atoms with Gasteiger partial charge in [-0.15, -0.1) is 0 Å². The molecule has 0 unspecified atom stereocenters. The molecular weight excluding hydrogens is 330 g/mol. The van der Waals surface area contributed by atoms with Crippen LogP contribution >= 0.6 is 0 Å². The van der Waals surface area contributed by atoms with E-state index in [1.54, 1.807) is 4.68 Å². The van der Waals surface area contributed by atoms with E-state index in [-0.39, 0.29) is 18.1 Å². The number of nitrogens with zero attached hydrogens (tertiary/aromatic N) is 2. The van der Waals surface area contributed by atoms with Gasteiger partial charge in [0.15, 0.2) is 0 Å². The summed E-state index contributed by atoms with van der Waals surface area (Å²) in [6.45, 7) is 9.09. The second-order valence-electron chi connectivity index (χ2n) is 6.84. The molecule has 1 aromatic carbocycles. The molecule has 0 radical (unpaired) electrons. The van der Waals surface area contributed by atoms with Gasteiger partial charge >= 0.3 is 0 Å². The number of aromatic nitrogens is 2. The zero-order valence-electron chi connectivity index (χ0n) is 16.1. The third kappa shape index (κ3) is 3.60. The van der Waals surface area contributed by atoms with E-state index in [1.165, 1.54) is 0 Å². The summed E-state index contributed by atoms with van der Waals surface area (Å²) in [5.74, 6) is 0.778. The number of nitrogens with one attached hydrogen (secondary N) is 1. The Labute approximate surface area is 154 Å². The van der Waals surface area contributed by atoms with E-state index in [2.05, 4.69) is 10.4 Å². The van der Waals surface area contributed by atoms with Crippen molar-refractivity contribution in [3.63, 3.8) is 0 Å². The molecule has 2 atom stereocenters. The highest BCUT2D eigenvalue weighted by Gasteiger charge is 2.31. The third-order valence-electron chi connectivity index (χ3n) is 4.70. The Kier molecular flexibility index (Phi) is 5.32. The molecule has 0 aliphatic carbocycles. The maximum atomic E-state index is 12.8. The molecule has 26 heavy (non-hydrogen) atoms. The van der Waals surface area contributed by atoms with Crippen molar-refractivity contribution in [2.45, 2.75) is 52.9 Å². The molecule has 6 heteroatoms. The lowest BCUT2D eigenvalue weighted by Crippen LogP contribution is -2.28. The van der Waals surface area contributed by atoms with Gasteiger partial charge < -0.3 is 14.8 Å². The predicted molar refractivity (Wildman–Crippen MR) is 99.4 cm³/mol. The first kappa shape index (κ1) is 18.5. The van der Waals surface area contributed by atoms with Gasteiger partial charge in [0.2, 0.25) is 0 Å². The van der Waals surface area contributed by atoms with Crippen LogP contribution in [0.1, 0.15) is 59.7 Å². The standard InChI is InChI=1S/C20H27N3O3/c1-6-25-17-8-7-15(9-12(17)2)11-21-20(24)19-16-10-13(3)26-14(4)18(16)22-23(19)5/h7-9,13-14H,6,10-11H2,1-5H3,(H,21,24)/t13-,14+/m1/s1. The zero-order chi connectivity index (χ0) is 18.8. The maximum absolute atomic E-state index is 12.8. The Hall–Kier alpha value is -2.34. The van der Waals surface area contributed by atoms with Crippen molar-refractivity contribution in [2.75, 3.05) is 6.61 Å². The number of benzene rings is 1. The topological polar surface area (TPSA) is 65.4 Å². The number of aryl methyl sites for hydroxylation is 2. The van der Waals surface area contributed by atoms with Crippen LogP contribution in [0, 0.1) is 6.92 Å². The van der Waals surface area contributed by atoms with Crippen molar-refractivity contribution in [1.29, 1.82) is 0 Å². The molecule has 2 heterocycles. The van der Waals surface area contributed by atoms with Crippen LogP contribution in [-0.4, -0.2) is 28.4 Å². The van der Waals surface area contributed by atoms with Crippen molar-refractivity contribution >= 4 is 5.91 Å². The normalized spacial score (nSPS) is 19.1. The van der Waals surface area contributed by atoms with Crippen molar-refractivity contribution in [3.05, 3.63) is 46.3 Å². The Morgan fingerprint density at radius 2 is 2.19 bits per heavy atom. The number of amides is 1. The fourth-order valence-corrected chi connectivity index (χ4v) is 3.55. The second kappa shape index (κ2) is 7.50. The number of hydrogen-bond donors (Lipinski definition) is 1. The van der Waals surface area contributed by atoms with Crippen molar-refractivity contribution < 1.29 is 14.3 Å². The van der Waals surface area contributed by atoms with Crippen LogP contribution < -0.4 is 10.1 Å². The summed E-state index contributed by atoms with van der Waals surface area (Å²) in [6, 6.07) is 5.98. The second-order valence-corrected chi connectivity index (χ2v) is 6.84. The summed E-state index contributed by atoms with van der Waals surface area (Å²) in [7, 11) is 1.81. The number of rotatable bonds is 5. The molecule has 0 spiro atoms. The fraction of sp³-hybridized carbons (Fsp3) is 0.500. The first-order valence-electron chi connectivity index (χ1n) is 9.12. The minimum absolute atomic E-state index is 0.0852. The average molecular weight is 357 g/mol. The van der Waals surface area contributed by atoms with Gasteiger partial charge in [-0.25, -0.2) is 0 Å². The summed E-state index contributed by atoms with van der Waals surface area (Å²) in [6.07, 6.45) is 0.704. The predicted octanol–water partition coefficient (Wildman–Crippen LogP) is 3.08. The molecule has 1 N–H and O–H groups in total. The molecule has 1 amide bonds. The SMILES string of the molecule is CCOc1ccc(CNC(=O)c2c3c(nn2C)[C@H](C)O[C@H](C)C3)cc1C. The molecule has 140 valence electrons. The van der Waals surface area contributed by atoms with E-state index in [0.29, 0.717) is 25.3 Å². The van der Waals surface area contributed by atoms with Gasteiger partial charge in [-0.1, -0.05) is 12.1 Å². The van der Waals surface area contributed by atoms with Crippen LogP contribution in [0.5, 0.6) is 5.75 Å². The highest BCUT2D eigenvalue weighted by molar-refractivity contribution is 5.94. The molecule has 0 fully saturated rings. The van der Waals surface area contributed by atoms with Gasteiger partial charge in [-0.05, 0) is 44.9 Å². The van der Waals surface area contributed by atoms with Crippen molar-refractivity contribution in [3.8, 4) is 5.75 Å². The number of carbonyl (C=O) groups excluding carboxylic acids is 1. The van der Waals surface area contributed by atoms with Crippen LogP contribution in [0.2, 0.25) is 0 Å². The van der Waals surface area contributed by atoms with Crippen molar-refractivity contribution in [1.82, 2.24) is 15.1 Å². The summed E-state index contributed by atoms with van der Waals surface area (Å²) in [5.41, 5.74) is 4.60. The highest BCUT2D eigenvalue weighted by atomic mass is 16.5.